The summed E-state index contributed by atoms with van der Waals surface area (Å²) in [5.74, 6) is 0. The molecule has 0 saturated carbocycles. The topological polar surface area (TPSA) is 42.7 Å². The Morgan fingerprint density at radius 1 is 1.35 bits per heavy atom. The summed E-state index contributed by atoms with van der Waals surface area (Å²) in [5.41, 5.74) is 3.56. The van der Waals surface area contributed by atoms with Crippen molar-refractivity contribution in [3.63, 3.8) is 0 Å². The van der Waals surface area contributed by atoms with Crippen LogP contribution in [0.15, 0.2) is 11.6 Å². The summed E-state index contributed by atoms with van der Waals surface area (Å²) in [6.07, 6.45) is 4.03. The summed E-state index contributed by atoms with van der Waals surface area (Å²) >= 11 is 1.66. The largest absolute Gasteiger partial charge is 0.357 e. The molecule has 0 aliphatic rings. The van der Waals surface area contributed by atoms with Crippen LogP contribution in [0.2, 0.25) is 0 Å². The number of aromatic nitrogens is 3. The number of nitrogens with zero attached hydrogens (tertiary/aromatic N) is 3. The van der Waals surface area contributed by atoms with Crippen LogP contribution in [-0.2, 0) is 26.4 Å². The van der Waals surface area contributed by atoms with Gasteiger partial charge in [0.2, 0.25) is 0 Å². The van der Waals surface area contributed by atoms with E-state index in [4.69, 9.17) is 0 Å². The van der Waals surface area contributed by atoms with E-state index in [-0.39, 0.29) is 0 Å². The van der Waals surface area contributed by atoms with E-state index >= 15 is 0 Å². The van der Waals surface area contributed by atoms with Gasteiger partial charge >= 0.3 is 0 Å². The minimum Gasteiger partial charge on any atom is -0.357 e. The fourth-order valence-corrected chi connectivity index (χ4v) is 2.54. The van der Waals surface area contributed by atoms with Crippen molar-refractivity contribution in [2.24, 2.45) is 7.05 Å². The van der Waals surface area contributed by atoms with E-state index in [1.807, 2.05) is 11.7 Å². The monoisotopic (exact) mass is 250 g/mol. The number of aryl methyl sites for hydroxylation is 3. The lowest BCUT2D eigenvalue weighted by Gasteiger charge is -2.01. The summed E-state index contributed by atoms with van der Waals surface area (Å²) in [4.78, 5) is 4.49. The molecule has 0 atom stereocenters. The van der Waals surface area contributed by atoms with Crippen molar-refractivity contribution in [1.29, 1.82) is 0 Å². The highest BCUT2D eigenvalue weighted by molar-refractivity contribution is 7.13. The maximum atomic E-state index is 4.49. The van der Waals surface area contributed by atoms with Crippen molar-refractivity contribution in [2.75, 3.05) is 5.32 Å². The second-order valence-corrected chi connectivity index (χ2v) is 4.84. The first kappa shape index (κ1) is 12.1. The van der Waals surface area contributed by atoms with E-state index in [2.05, 4.69) is 40.8 Å². The van der Waals surface area contributed by atoms with Crippen molar-refractivity contribution in [3.05, 3.63) is 28.5 Å². The van der Waals surface area contributed by atoms with E-state index in [9.17, 15) is 0 Å². The molecule has 0 unspecified atom stereocenters. The summed E-state index contributed by atoms with van der Waals surface area (Å²) in [6, 6.07) is 0. The van der Waals surface area contributed by atoms with Gasteiger partial charge in [0.1, 0.15) is 0 Å². The molecule has 2 aromatic rings. The SMILES string of the molecule is CCc1csc(NCc2cn(C)nc2CC)n1. The molecule has 0 spiro atoms. The molecule has 2 heterocycles. The van der Waals surface area contributed by atoms with Crippen LogP contribution in [0.4, 0.5) is 5.13 Å². The first-order valence-corrected chi connectivity index (χ1v) is 6.80. The van der Waals surface area contributed by atoms with Gasteiger partial charge in [0, 0.05) is 30.7 Å². The molecule has 92 valence electrons. The molecule has 17 heavy (non-hydrogen) atoms. The average molecular weight is 250 g/mol. The van der Waals surface area contributed by atoms with Crippen LogP contribution in [0, 0.1) is 0 Å². The number of nitrogens with one attached hydrogen (secondary N) is 1. The van der Waals surface area contributed by atoms with Crippen LogP contribution in [0.5, 0.6) is 0 Å². The average Bonchev–Trinajstić information content (AvgIpc) is 2.92. The van der Waals surface area contributed by atoms with Crippen molar-refractivity contribution in [2.45, 2.75) is 33.2 Å². The van der Waals surface area contributed by atoms with Crippen LogP contribution in [0.25, 0.3) is 0 Å². The third kappa shape index (κ3) is 2.85. The van der Waals surface area contributed by atoms with Gasteiger partial charge < -0.3 is 5.32 Å². The molecule has 0 saturated heterocycles. The molecule has 2 aromatic heterocycles. The Balaban J connectivity index is 2.01. The minimum atomic E-state index is 0.799. The zero-order chi connectivity index (χ0) is 12.3. The molecule has 0 fully saturated rings. The van der Waals surface area contributed by atoms with Crippen molar-refractivity contribution >= 4 is 16.5 Å². The predicted molar refractivity (Wildman–Crippen MR) is 71.4 cm³/mol. The molecule has 4 nitrogen and oxygen atoms in total. The zero-order valence-corrected chi connectivity index (χ0v) is 11.3. The second kappa shape index (κ2) is 5.31. The lowest BCUT2D eigenvalue weighted by molar-refractivity contribution is 0.746. The van der Waals surface area contributed by atoms with E-state index in [0.29, 0.717) is 0 Å². The maximum Gasteiger partial charge on any atom is 0.183 e. The van der Waals surface area contributed by atoms with Crippen LogP contribution in [0.3, 0.4) is 0 Å². The Kier molecular flexibility index (Phi) is 3.78. The first-order valence-electron chi connectivity index (χ1n) is 5.92. The Morgan fingerprint density at radius 3 is 2.82 bits per heavy atom. The van der Waals surface area contributed by atoms with Gasteiger partial charge in [-0.05, 0) is 12.8 Å². The quantitative estimate of drug-likeness (QED) is 0.887. The molecule has 0 amide bonds. The molecule has 0 aliphatic heterocycles. The highest BCUT2D eigenvalue weighted by atomic mass is 32.1. The number of thiazole rings is 1. The minimum absolute atomic E-state index is 0.799. The van der Waals surface area contributed by atoms with Crippen LogP contribution in [-0.4, -0.2) is 14.8 Å². The van der Waals surface area contributed by atoms with Gasteiger partial charge in [-0.25, -0.2) is 4.98 Å². The van der Waals surface area contributed by atoms with Crippen molar-refractivity contribution < 1.29 is 0 Å². The van der Waals surface area contributed by atoms with Gasteiger partial charge in [-0.1, -0.05) is 13.8 Å². The van der Waals surface area contributed by atoms with Crippen molar-refractivity contribution in [3.8, 4) is 0 Å². The molecular formula is C12H18N4S. The Labute approximate surface area is 106 Å². The molecule has 0 aliphatic carbocycles. The van der Waals surface area contributed by atoms with Gasteiger partial charge in [-0.3, -0.25) is 4.68 Å². The van der Waals surface area contributed by atoms with Crippen molar-refractivity contribution in [1.82, 2.24) is 14.8 Å². The second-order valence-electron chi connectivity index (χ2n) is 3.98. The molecule has 0 aromatic carbocycles. The Morgan fingerprint density at radius 2 is 2.18 bits per heavy atom. The standard InChI is InChI=1S/C12H18N4S/c1-4-10-8-17-12(14-10)13-6-9-7-16(3)15-11(9)5-2/h7-8H,4-6H2,1-3H3,(H,13,14). The van der Waals surface area contributed by atoms with Gasteiger partial charge in [0.15, 0.2) is 5.13 Å². The van der Waals surface area contributed by atoms with E-state index in [1.165, 1.54) is 5.56 Å². The predicted octanol–water partition coefficient (Wildman–Crippen LogP) is 2.61. The lowest BCUT2D eigenvalue weighted by atomic mass is 10.2. The third-order valence-electron chi connectivity index (χ3n) is 2.67. The van der Waals surface area contributed by atoms with Gasteiger partial charge in [-0.15, -0.1) is 11.3 Å². The van der Waals surface area contributed by atoms with Gasteiger partial charge in [0.05, 0.1) is 11.4 Å². The smallest absolute Gasteiger partial charge is 0.183 e. The number of anilines is 1. The fourth-order valence-electron chi connectivity index (χ4n) is 1.75. The molecule has 0 bridgehead atoms. The Bertz CT molecular complexity index is 486. The molecule has 1 N–H and O–H groups in total. The highest BCUT2D eigenvalue weighted by Crippen LogP contribution is 2.17. The fraction of sp³-hybridized carbons (Fsp3) is 0.500. The molecule has 2 rings (SSSR count). The highest BCUT2D eigenvalue weighted by Gasteiger charge is 2.06. The molecule has 0 radical (unpaired) electrons. The van der Waals surface area contributed by atoms with Crippen LogP contribution < -0.4 is 5.32 Å². The summed E-state index contributed by atoms with van der Waals surface area (Å²) in [7, 11) is 1.96. The summed E-state index contributed by atoms with van der Waals surface area (Å²) in [5, 5.41) is 10.9. The maximum absolute atomic E-state index is 4.49. The molecular weight excluding hydrogens is 232 g/mol. The number of rotatable bonds is 5. The third-order valence-corrected chi connectivity index (χ3v) is 3.52. The zero-order valence-electron chi connectivity index (χ0n) is 10.5. The summed E-state index contributed by atoms with van der Waals surface area (Å²) < 4.78 is 1.87. The Hall–Kier alpha value is -1.36. The molecule has 5 heteroatoms. The summed E-state index contributed by atoms with van der Waals surface area (Å²) in [6.45, 7) is 5.05. The van der Waals surface area contributed by atoms with E-state index in [0.717, 1.165) is 35.9 Å². The first-order chi connectivity index (χ1) is 8.22. The normalized spacial score (nSPS) is 10.8. The van der Waals surface area contributed by atoms with Gasteiger partial charge in [-0.2, -0.15) is 5.10 Å². The van der Waals surface area contributed by atoms with Crippen LogP contribution in [0.1, 0.15) is 30.8 Å². The van der Waals surface area contributed by atoms with Crippen LogP contribution >= 0.6 is 11.3 Å². The number of hydrogen-bond donors (Lipinski definition) is 1. The van der Waals surface area contributed by atoms with E-state index in [1.54, 1.807) is 11.3 Å². The van der Waals surface area contributed by atoms with E-state index < -0.39 is 0 Å². The lowest BCUT2D eigenvalue weighted by Crippen LogP contribution is -2.00. The van der Waals surface area contributed by atoms with Gasteiger partial charge in [0.25, 0.3) is 0 Å². The number of hydrogen-bond acceptors (Lipinski definition) is 4.